The van der Waals surface area contributed by atoms with Gasteiger partial charge in [-0.15, -0.1) is 0 Å². The van der Waals surface area contributed by atoms with Crippen LogP contribution in [0.15, 0.2) is 60.7 Å². The third kappa shape index (κ3) is 2.08. The highest BCUT2D eigenvalue weighted by molar-refractivity contribution is 5.85. The predicted octanol–water partition coefficient (Wildman–Crippen LogP) is 5.98. The number of methoxy groups -OCH3 is 1. The van der Waals surface area contributed by atoms with Crippen molar-refractivity contribution in [2.45, 2.75) is 26.2 Å². The summed E-state index contributed by atoms with van der Waals surface area (Å²) in [7, 11) is 1.73. The van der Waals surface area contributed by atoms with Gasteiger partial charge in [0.15, 0.2) is 0 Å². The fourth-order valence-electron chi connectivity index (χ4n) is 3.93. The smallest absolute Gasteiger partial charge is 0.126 e. The van der Waals surface area contributed by atoms with Crippen LogP contribution in [0.1, 0.15) is 30.5 Å². The van der Waals surface area contributed by atoms with Crippen LogP contribution in [0.2, 0.25) is 0 Å². The molecule has 24 heavy (non-hydrogen) atoms. The van der Waals surface area contributed by atoms with Crippen molar-refractivity contribution in [3.05, 3.63) is 77.4 Å². The second-order valence-electron chi connectivity index (χ2n) is 7.13. The van der Waals surface area contributed by atoms with Crippen LogP contribution in [-0.4, -0.2) is 7.11 Å². The van der Waals surface area contributed by atoms with Crippen LogP contribution in [0, 0.1) is 6.92 Å². The normalized spacial score (nSPS) is 14.2. The summed E-state index contributed by atoms with van der Waals surface area (Å²) in [4.78, 5) is 0. The van der Waals surface area contributed by atoms with Gasteiger partial charge in [0.1, 0.15) is 5.75 Å². The molecule has 0 saturated heterocycles. The predicted molar refractivity (Wildman–Crippen MR) is 101 cm³/mol. The van der Waals surface area contributed by atoms with Gasteiger partial charge in [0.05, 0.1) is 7.11 Å². The molecule has 0 spiro atoms. The van der Waals surface area contributed by atoms with E-state index in [1.54, 1.807) is 7.11 Å². The van der Waals surface area contributed by atoms with E-state index in [2.05, 4.69) is 69.3 Å². The van der Waals surface area contributed by atoms with Crippen molar-refractivity contribution in [1.82, 2.24) is 0 Å². The van der Waals surface area contributed by atoms with Gasteiger partial charge < -0.3 is 4.74 Å². The fraction of sp³-hybridized carbons (Fsp3) is 0.217. The minimum Gasteiger partial charge on any atom is -0.496 e. The Kier molecular flexibility index (Phi) is 3.28. The molecule has 0 aromatic heterocycles. The number of hydrogen-bond donors (Lipinski definition) is 0. The van der Waals surface area contributed by atoms with Crippen LogP contribution in [0.25, 0.3) is 22.3 Å². The number of hydrogen-bond acceptors (Lipinski definition) is 1. The van der Waals surface area contributed by atoms with Crippen molar-refractivity contribution < 1.29 is 4.74 Å². The lowest BCUT2D eigenvalue weighted by atomic mass is 9.82. The summed E-state index contributed by atoms with van der Waals surface area (Å²) in [6.07, 6.45) is 0. The van der Waals surface area contributed by atoms with Crippen LogP contribution in [0.3, 0.4) is 0 Å². The van der Waals surface area contributed by atoms with E-state index >= 15 is 0 Å². The Morgan fingerprint density at radius 1 is 0.750 bits per heavy atom. The molecule has 0 saturated carbocycles. The van der Waals surface area contributed by atoms with E-state index in [9.17, 15) is 0 Å². The van der Waals surface area contributed by atoms with Crippen LogP contribution in [0.4, 0.5) is 0 Å². The summed E-state index contributed by atoms with van der Waals surface area (Å²) < 4.78 is 5.55. The van der Waals surface area contributed by atoms with Crippen molar-refractivity contribution in [2.75, 3.05) is 7.11 Å². The lowest BCUT2D eigenvalue weighted by Crippen LogP contribution is -2.14. The maximum absolute atomic E-state index is 5.55. The van der Waals surface area contributed by atoms with E-state index in [-0.39, 0.29) is 5.41 Å². The first-order valence-electron chi connectivity index (χ1n) is 8.42. The summed E-state index contributed by atoms with van der Waals surface area (Å²) >= 11 is 0. The van der Waals surface area contributed by atoms with Crippen LogP contribution >= 0.6 is 0 Å². The Bertz CT molecular complexity index is 935. The van der Waals surface area contributed by atoms with E-state index < -0.39 is 0 Å². The number of ether oxygens (including phenoxy) is 1. The van der Waals surface area contributed by atoms with E-state index in [1.807, 2.05) is 12.1 Å². The third-order valence-electron chi connectivity index (χ3n) is 5.25. The lowest BCUT2D eigenvalue weighted by Gasteiger charge is -2.21. The van der Waals surface area contributed by atoms with Gasteiger partial charge in [-0.25, -0.2) is 0 Å². The SMILES string of the molecule is COc1ccccc1-c1ccc2c(c1)-c1cc(C)ccc1C2(C)C. The summed E-state index contributed by atoms with van der Waals surface area (Å²) in [5, 5.41) is 0. The first kappa shape index (κ1) is 15.0. The average Bonchev–Trinajstić information content (AvgIpc) is 2.81. The van der Waals surface area contributed by atoms with Crippen molar-refractivity contribution >= 4 is 0 Å². The molecule has 120 valence electrons. The van der Waals surface area contributed by atoms with Crippen molar-refractivity contribution in [3.63, 3.8) is 0 Å². The molecule has 0 fully saturated rings. The molecule has 0 N–H and O–H groups in total. The van der Waals surface area contributed by atoms with E-state index in [0.717, 1.165) is 11.3 Å². The number of benzene rings is 3. The molecule has 1 heteroatoms. The molecule has 1 aliphatic rings. The highest BCUT2D eigenvalue weighted by atomic mass is 16.5. The molecule has 0 heterocycles. The zero-order chi connectivity index (χ0) is 16.9. The van der Waals surface area contributed by atoms with E-state index in [0.29, 0.717) is 0 Å². The minimum atomic E-state index is 0.0532. The molecule has 4 rings (SSSR count). The monoisotopic (exact) mass is 314 g/mol. The van der Waals surface area contributed by atoms with Gasteiger partial charge in [0, 0.05) is 11.0 Å². The summed E-state index contributed by atoms with van der Waals surface area (Å²) in [6.45, 7) is 6.79. The number of fused-ring (bicyclic) bond motifs is 3. The lowest BCUT2D eigenvalue weighted by molar-refractivity contribution is 0.416. The second kappa shape index (κ2) is 5.24. The van der Waals surface area contributed by atoms with Gasteiger partial charge >= 0.3 is 0 Å². The van der Waals surface area contributed by atoms with Gasteiger partial charge in [-0.2, -0.15) is 0 Å². The van der Waals surface area contributed by atoms with Gasteiger partial charge in [-0.05, 0) is 46.9 Å². The molecular formula is C23H22O. The Morgan fingerprint density at radius 2 is 1.42 bits per heavy atom. The molecule has 0 radical (unpaired) electrons. The Labute approximate surface area is 143 Å². The average molecular weight is 314 g/mol. The zero-order valence-corrected chi connectivity index (χ0v) is 14.7. The first-order valence-corrected chi connectivity index (χ1v) is 8.42. The topological polar surface area (TPSA) is 9.23 Å². The van der Waals surface area contributed by atoms with Gasteiger partial charge in [0.2, 0.25) is 0 Å². The quantitative estimate of drug-likeness (QED) is 0.565. The molecule has 0 bridgehead atoms. The van der Waals surface area contributed by atoms with E-state index in [4.69, 9.17) is 4.74 Å². The molecule has 3 aromatic carbocycles. The molecule has 1 aliphatic carbocycles. The summed E-state index contributed by atoms with van der Waals surface area (Å²) in [6, 6.07) is 21.9. The van der Waals surface area contributed by atoms with Gasteiger partial charge in [0.25, 0.3) is 0 Å². The van der Waals surface area contributed by atoms with E-state index in [1.165, 1.54) is 33.4 Å². The Morgan fingerprint density at radius 3 is 2.17 bits per heavy atom. The maximum atomic E-state index is 5.55. The summed E-state index contributed by atoms with van der Waals surface area (Å²) in [5.41, 5.74) is 9.24. The first-order chi connectivity index (χ1) is 11.5. The maximum Gasteiger partial charge on any atom is 0.126 e. The number of para-hydroxylation sites is 1. The van der Waals surface area contributed by atoms with Gasteiger partial charge in [-0.1, -0.05) is 67.9 Å². The minimum absolute atomic E-state index is 0.0532. The van der Waals surface area contributed by atoms with Crippen molar-refractivity contribution in [2.24, 2.45) is 0 Å². The summed E-state index contributed by atoms with van der Waals surface area (Å²) in [5.74, 6) is 0.916. The van der Waals surface area contributed by atoms with Crippen LogP contribution < -0.4 is 4.74 Å². The zero-order valence-electron chi connectivity index (χ0n) is 14.7. The Balaban J connectivity index is 1.96. The fourth-order valence-corrected chi connectivity index (χ4v) is 3.93. The molecule has 3 aromatic rings. The van der Waals surface area contributed by atoms with Crippen LogP contribution in [0.5, 0.6) is 5.75 Å². The molecule has 0 amide bonds. The third-order valence-corrected chi connectivity index (χ3v) is 5.25. The highest BCUT2D eigenvalue weighted by Gasteiger charge is 2.35. The van der Waals surface area contributed by atoms with Gasteiger partial charge in [-0.3, -0.25) is 0 Å². The number of aryl methyl sites for hydroxylation is 1. The molecule has 0 aliphatic heterocycles. The highest BCUT2D eigenvalue weighted by Crippen LogP contribution is 2.50. The second-order valence-corrected chi connectivity index (χ2v) is 7.13. The number of rotatable bonds is 2. The van der Waals surface area contributed by atoms with Crippen molar-refractivity contribution in [1.29, 1.82) is 0 Å². The van der Waals surface area contributed by atoms with Crippen LogP contribution in [-0.2, 0) is 5.41 Å². The van der Waals surface area contributed by atoms with Crippen molar-refractivity contribution in [3.8, 4) is 28.0 Å². The molecular weight excluding hydrogens is 292 g/mol. The standard InChI is InChI=1S/C23H22O/c1-15-9-11-20-18(13-15)19-14-16(10-12-21(19)23(20,2)3)17-7-5-6-8-22(17)24-4/h5-14H,1-4H3. The molecule has 0 unspecified atom stereocenters. The molecule has 1 nitrogen and oxygen atoms in total. The largest absolute Gasteiger partial charge is 0.496 e. The Hall–Kier alpha value is -2.54. The molecule has 0 atom stereocenters.